The summed E-state index contributed by atoms with van der Waals surface area (Å²) in [7, 11) is 0. The molecule has 0 spiro atoms. The third-order valence-corrected chi connectivity index (χ3v) is 12.1. The highest BCUT2D eigenvalue weighted by Crippen LogP contribution is 2.49. The van der Waals surface area contributed by atoms with Crippen molar-refractivity contribution in [2.45, 2.75) is 111 Å². The second-order valence-corrected chi connectivity index (χ2v) is 16.9. The number of aromatic nitrogens is 2. The summed E-state index contributed by atoms with van der Waals surface area (Å²) in [6.07, 6.45) is 13.2. The molecule has 0 atom stereocenters. The van der Waals surface area contributed by atoms with E-state index in [1.807, 2.05) is 37.8 Å². The number of amides is 2. The van der Waals surface area contributed by atoms with E-state index in [2.05, 4.69) is 17.7 Å². The number of aliphatic hydroxyl groups excluding tert-OH is 1. The summed E-state index contributed by atoms with van der Waals surface area (Å²) in [5.41, 5.74) is 3.16. The number of likely N-dealkylation sites (N-methyl/N-ethyl adjacent to an activating group) is 1. The predicted octanol–water partition coefficient (Wildman–Crippen LogP) is 10.6. The van der Waals surface area contributed by atoms with Gasteiger partial charge in [-0.15, -0.1) is 0 Å². The Kier molecular flexibility index (Phi) is 17.6. The van der Waals surface area contributed by atoms with E-state index in [1.54, 1.807) is 18.2 Å². The van der Waals surface area contributed by atoms with Crippen molar-refractivity contribution >= 4 is 86.3 Å². The van der Waals surface area contributed by atoms with Gasteiger partial charge in [-0.2, -0.15) is 4.68 Å². The van der Waals surface area contributed by atoms with Crippen molar-refractivity contribution in [2.24, 2.45) is 10.4 Å². The zero-order chi connectivity index (χ0) is 44.1. The molecule has 12 nitrogen and oxygen atoms in total. The number of anilines is 2. The van der Waals surface area contributed by atoms with Gasteiger partial charge in [0.15, 0.2) is 11.5 Å². The lowest BCUT2D eigenvalue weighted by Crippen LogP contribution is -2.42. The minimum absolute atomic E-state index is 0.000836. The first-order valence-electron chi connectivity index (χ1n) is 21.4. The standard InChI is InChI=1S/C46H57Cl3N6O6/c1-5-8-9-10-11-12-13-14-15-16-25-61-44(59)33-28-39(36(49)29-35(33)48)52-42(57)40(50-37-20-18-32(26-30(37)4)54(7-3)23-24-56)41-51-38-19-17-31(47)27-34(38)43(58)55(41)53-45(60)46(6-2)21-22-46/h17-20,26-29,56H,5-16,21-25H2,1-4H3,(H,52,57)(H,53,60). The van der Waals surface area contributed by atoms with Gasteiger partial charge in [0.2, 0.25) is 5.91 Å². The Balaban J connectivity index is 1.48. The summed E-state index contributed by atoms with van der Waals surface area (Å²) < 4.78 is 6.52. The number of benzene rings is 3. The van der Waals surface area contributed by atoms with Crippen LogP contribution in [0.25, 0.3) is 10.9 Å². The zero-order valence-electron chi connectivity index (χ0n) is 35.6. The number of unbranched alkanes of at least 4 members (excludes halogenated alkanes) is 9. The number of aliphatic hydroxyl groups is 1. The number of esters is 1. The molecule has 2 amide bonds. The minimum Gasteiger partial charge on any atom is -0.462 e. The third-order valence-electron chi connectivity index (χ3n) is 11.3. The molecule has 0 aliphatic heterocycles. The van der Waals surface area contributed by atoms with Crippen molar-refractivity contribution in [1.82, 2.24) is 9.66 Å². The smallest absolute Gasteiger partial charge is 0.339 e. The molecule has 0 saturated heterocycles. The van der Waals surface area contributed by atoms with Gasteiger partial charge in [-0.1, -0.05) is 106 Å². The maximum absolute atomic E-state index is 14.7. The van der Waals surface area contributed by atoms with Crippen molar-refractivity contribution in [3.8, 4) is 0 Å². The number of carbonyl (C=O) groups is 3. The number of hydrogen-bond donors (Lipinski definition) is 3. The fourth-order valence-electron chi connectivity index (χ4n) is 7.22. The van der Waals surface area contributed by atoms with Gasteiger partial charge in [0.1, 0.15) is 0 Å². The maximum Gasteiger partial charge on any atom is 0.339 e. The Labute approximate surface area is 373 Å². The van der Waals surface area contributed by atoms with Crippen molar-refractivity contribution in [3.05, 3.63) is 90.9 Å². The molecule has 61 heavy (non-hydrogen) atoms. The largest absolute Gasteiger partial charge is 0.462 e. The van der Waals surface area contributed by atoms with Gasteiger partial charge in [0.25, 0.3) is 11.5 Å². The zero-order valence-corrected chi connectivity index (χ0v) is 37.8. The number of hydrogen-bond acceptors (Lipinski definition) is 9. The van der Waals surface area contributed by atoms with Gasteiger partial charge >= 0.3 is 5.97 Å². The molecule has 15 heteroatoms. The number of nitrogens with zero attached hydrogens (tertiary/aromatic N) is 4. The van der Waals surface area contributed by atoms with Gasteiger partial charge in [0, 0.05) is 23.8 Å². The van der Waals surface area contributed by atoms with Crippen LogP contribution in [0.15, 0.2) is 58.3 Å². The van der Waals surface area contributed by atoms with Crippen LogP contribution in [0.2, 0.25) is 15.1 Å². The van der Waals surface area contributed by atoms with E-state index in [0.29, 0.717) is 50.0 Å². The molecular weight excluding hydrogens is 839 g/mol. The van der Waals surface area contributed by atoms with Crippen molar-refractivity contribution in [1.29, 1.82) is 0 Å². The molecule has 4 aromatic rings. The molecule has 0 unspecified atom stereocenters. The van der Waals surface area contributed by atoms with E-state index in [0.717, 1.165) is 29.6 Å². The Morgan fingerprint density at radius 1 is 0.902 bits per heavy atom. The van der Waals surface area contributed by atoms with E-state index in [4.69, 9.17) is 49.5 Å². The lowest BCUT2D eigenvalue weighted by atomic mass is 10.0. The number of nitrogens with one attached hydrogen (secondary N) is 2. The van der Waals surface area contributed by atoms with Crippen LogP contribution < -0.4 is 21.2 Å². The first kappa shape index (κ1) is 47.6. The Morgan fingerprint density at radius 2 is 1.59 bits per heavy atom. The minimum atomic E-state index is -0.854. The summed E-state index contributed by atoms with van der Waals surface area (Å²) in [6.45, 7) is 9.14. The molecule has 1 fully saturated rings. The molecule has 1 aliphatic carbocycles. The van der Waals surface area contributed by atoms with Crippen LogP contribution >= 0.6 is 34.8 Å². The Morgan fingerprint density at radius 3 is 2.21 bits per heavy atom. The summed E-state index contributed by atoms with van der Waals surface area (Å²) >= 11 is 19.4. The highest BCUT2D eigenvalue weighted by atomic mass is 35.5. The van der Waals surface area contributed by atoms with E-state index < -0.39 is 28.8 Å². The maximum atomic E-state index is 14.7. The molecule has 1 aromatic heterocycles. The Bertz CT molecular complexity index is 2290. The number of ether oxygens (including phenoxy) is 1. The van der Waals surface area contributed by atoms with Crippen LogP contribution in [0.1, 0.15) is 126 Å². The molecule has 1 aliphatic rings. The van der Waals surface area contributed by atoms with Crippen molar-refractivity contribution < 1.29 is 24.2 Å². The fourth-order valence-corrected chi connectivity index (χ4v) is 7.90. The molecule has 3 N–H and O–H groups in total. The molecule has 3 aromatic carbocycles. The second kappa shape index (κ2) is 22.6. The lowest BCUT2D eigenvalue weighted by Gasteiger charge is -2.23. The van der Waals surface area contributed by atoms with E-state index in [-0.39, 0.29) is 62.0 Å². The fraction of sp³-hybridized carbons (Fsp3) is 0.478. The highest BCUT2D eigenvalue weighted by Gasteiger charge is 2.48. The third kappa shape index (κ3) is 12.3. The SMILES string of the molecule is CCCCCCCCCCCCOC(=O)c1cc(NC(=O)C(=Nc2ccc(N(CC)CCO)cc2C)c2nc3ccc(Cl)cc3c(=O)n2NC(=O)C2(CC)CC2)c(Cl)cc1Cl. The van der Waals surface area contributed by atoms with Gasteiger partial charge in [-0.25, -0.2) is 14.8 Å². The van der Waals surface area contributed by atoms with Gasteiger partial charge < -0.3 is 20.1 Å². The number of carbonyl (C=O) groups excluding carboxylic acids is 3. The molecule has 0 radical (unpaired) electrons. The van der Waals surface area contributed by atoms with Crippen LogP contribution in [-0.4, -0.2) is 64.6 Å². The number of rotatable bonds is 23. The number of halogens is 3. The second-order valence-electron chi connectivity index (χ2n) is 15.6. The molecule has 328 valence electrons. The number of aryl methyl sites for hydroxylation is 1. The highest BCUT2D eigenvalue weighted by molar-refractivity contribution is 6.49. The predicted molar refractivity (Wildman–Crippen MR) is 247 cm³/mol. The van der Waals surface area contributed by atoms with E-state index in [9.17, 15) is 24.3 Å². The molecular formula is C46H57Cl3N6O6. The average molecular weight is 896 g/mol. The first-order chi connectivity index (χ1) is 29.4. The van der Waals surface area contributed by atoms with Crippen LogP contribution in [0.4, 0.5) is 17.1 Å². The lowest BCUT2D eigenvalue weighted by molar-refractivity contribution is -0.122. The number of aliphatic imine (C=N–C) groups is 1. The first-order valence-corrected chi connectivity index (χ1v) is 22.6. The van der Waals surface area contributed by atoms with Crippen LogP contribution in [0, 0.1) is 12.3 Å². The van der Waals surface area contributed by atoms with Crippen molar-refractivity contribution in [3.63, 3.8) is 0 Å². The summed E-state index contributed by atoms with van der Waals surface area (Å²) in [6, 6.07) is 12.6. The summed E-state index contributed by atoms with van der Waals surface area (Å²) in [4.78, 5) is 67.5. The van der Waals surface area contributed by atoms with Crippen molar-refractivity contribution in [2.75, 3.05) is 41.9 Å². The monoisotopic (exact) mass is 894 g/mol. The molecule has 5 rings (SSSR count). The quantitative estimate of drug-likeness (QED) is 0.0378. The topological polar surface area (TPSA) is 155 Å². The van der Waals surface area contributed by atoms with Crippen LogP contribution in [0.5, 0.6) is 0 Å². The molecule has 0 bridgehead atoms. The van der Waals surface area contributed by atoms with Crippen LogP contribution in [-0.2, 0) is 14.3 Å². The average Bonchev–Trinajstić information content (AvgIpc) is 4.05. The molecule has 1 heterocycles. The number of fused-ring (bicyclic) bond motifs is 1. The van der Waals surface area contributed by atoms with Gasteiger partial charge in [-0.05, 0) is 93.6 Å². The van der Waals surface area contributed by atoms with Crippen LogP contribution in [0.3, 0.4) is 0 Å². The van der Waals surface area contributed by atoms with Gasteiger partial charge in [0.05, 0.1) is 56.5 Å². The van der Waals surface area contributed by atoms with E-state index in [1.165, 1.54) is 56.7 Å². The Hall–Kier alpha value is -4.49. The normalized spacial score (nSPS) is 13.3. The van der Waals surface area contributed by atoms with E-state index >= 15 is 0 Å². The summed E-state index contributed by atoms with van der Waals surface area (Å²) in [5, 5.41) is 12.8. The molecule has 1 saturated carbocycles. The summed E-state index contributed by atoms with van der Waals surface area (Å²) in [5.74, 6) is -2.17. The van der Waals surface area contributed by atoms with Gasteiger partial charge in [-0.3, -0.25) is 19.8 Å².